The van der Waals surface area contributed by atoms with E-state index in [1.165, 1.54) is 0 Å². The van der Waals surface area contributed by atoms with Crippen LogP contribution in [0.3, 0.4) is 0 Å². The van der Waals surface area contributed by atoms with Crippen LogP contribution in [0.15, 0.2) is 78.9 Å². The van der Waals surface area contributed by atoms with Gasteiger partial charge in [0.2, 0.25) is 0 Å². The first-order valence-electron chi connectivity index (χ1n) is 10.9. The van der Waals surface area contributed by atoms with Crippen LogP contribution in [0, 0.1) is 0 Å². The quantitative estimate of drug-likeness (QED) is 0.403. The molecule has 32 heavy (non-hydrogen) atoms. The molecule has 1 heterocycles. The van der Waals surface area contributed by atoms with Crippen molar-refractivity contribution in [1.29, 1.82) is 0 Å². The second kappa shape index (κ2) is 10.1. The highest BCUT2D eigenvalue weighted by molar-refractivity contribution is 7.56. The van der Waals surface area contributed by atoms with Gasteiger partial charge in [-0.3, -0.25) is 5.09 Å². The highest BCUT2D eigenvalue weighted by atomic mass is 31.2. The third-order valence-corrected chi connectivity index (χ3v) is 6.65. The Morgan fingerprint density at radius 3 is 1.97 bits per heavy atom. The Hall–Kier alpha value is -2.95. The first kappa shape index (κ1) is 22.3. The minimum atomic E-state index is -3.82. The van der Waals surface area contributed by atoms with Crippen LogP contribution in [-0.2, 0) is 9.30 Å². The smallest absolute Gasteiger partial charge is 0.400 e. The summed E-state index contributed by atoms with van der Waals surface area (Å²) in [5, 5.41) is 3.14. The van der Waals surface area contributed by atoms with Crippen molar-refractivity contribution in [2.45, 2.75) is 19.8 Å². The van der Waals surface area contributed by atoms with Crippen LogP contribution in [0.1, 0.15) is 25.3 Å². The molecule has 1 aliphatic heterocycles. The highest BCUT2D eigenvalue weighted by Crippen LogP contribution is 2.50. The molecule has 4 rings (SSSR count). The average Bonchev–Trinajstić information content (AvgIpc) is 2.80. The van der Waals surface area contributed by atoms with Gasteiger partial charge in [-0.2, -0.15) is 0 Å². The van der Waals surface area contributed by atoms with E-state index in [2.05, 4.69) is 36.0 Å². The molecule has 1 saturated heterocycles. The maximum absolute atomic E-state index is 14.0. The lowest BCUT2D eigenvalue weighted by Crippen LogP contribution is -2.36. The summed E-state index contributed by atoms with van der Waals surface area (Å²) >= 11 is 0. The zero-order valence-corrected chi connectivity index (χ0v) is 19.3. The van der Waals surface area contributed by atoms with Crippen molar-refractivity contribution >= 4 is 19.1 Å². The van der Waals surface area contributed by atoms with Crippen LogP contribution in [0.2, 0.25) is 0 Å². The molecule has 1 fully saturated rings. The zero-order chi connectivity index (χ0) is 22.4. The number of hydrogen-bond acceptors (Lipinski definition) is 5. The Morgan fingerprint density at radius 2 is 1.44 bits per heavy atom. The highest BCUT2D eigenvalue weighted by Gasteiger charge is 2.31. The number of ether oxygens (including phenoxy) is 1. The molecule has 0 aromatic heterocycles. The lowest BCUT2D eigenvalue weighted by atomic mass is 10.0. The molecule has 6 nitrogen and oxygen atoms in total. The van der Waals surface area contributed by atoms with Crippen LogP contribution in [-0.4, -0.2) is 26.3 Å². The van der Waals surface area contributed by atoms with Crippen molar-refractivity contribution in [1.82, 2.24) is 0 Å². The molecule has 7 heteroatoms. The minimum Gasteiger partial charge on any atom is -0.400 e. The number of para-hydroxylation sites is 2. The van der Waals surface area contributed by atoms with Crippen molar-refractivity contribution < 1.29 is 18.3 Å². The fraction of sp³-hybridized carbons (Fsp3) is 0.280. The lowest BCUT2D eigenvalue weighted by Gasteiger charge is -2.32. The molecule has 0 radical (unpaired) electrons. The normalized spacial score (nSPS) is 14.3. The molecule has 0 spiro atoms. The molecule has 1 N–H and O–H groups in total. The first-order chi connectivity index (χ1) is 15.5. The predicted molar refractivity (Wildman–Crippen MR) is 129 cm³/mol. The summed E-state index contributed by atoms with van der Waals surface area (Å²) in [6, 6.07) is 24.4. The standard InChI is InChI=1S/C25H29N2O4P/c1-20(2)21-13-14-25(27-15-17-29-18-16-27)24(19-21)26-32(28,30-22-9-5-3-6-10-22)31-23-11-7-4-8-12-23/h3-14,19-20H,15-18H2,1-2H3,(H,26,28). The van der Waals surface area contributed by atoms with Crippen molar-refractivity contribution in [3.63, 3.8) is 0 Å². The van der Waals surface area contributed by atoms with Gasteiger partial charge in [0.1, 0.15) is 11.5 Å². The Bertz CT molecular complexity index is 1010. The van der Waals surface area contributed by atoms with Crippen molar-refractivity contribution in [3.05, 3.63) is 84.4 Å². The third-order valence-electron chi connectivity index (χ3n) is 5.23. The van der Waals surface area contributed by atoms with Gasteiger partial charge >= 0.3 is 7.75 Å². The van der Waals surface area contributed by atoms with Crippen molar-refractivity contribution in [3.8, 4) is 11.5 Å². The van der Waals surface area contributed by atoms with E-state index in [0.717, 1.165) is 24.3 Å². The van der Waals surface area contributed by atoms with Gasteiger partial charge in [0.25, 0.3) is 0 Å². The predicted octanol–water partition coefficient (Wildman–Crippen LogP) is 6.32. The second-order valence-corrected chi connectivity index (χ2v) is 9.53. The molecule has 0 unspecified atom stereocenters. The number of morpholine rings is 1. The van der Waals surface area contributed by atoms with Gasteiger partial charge < -0.3 is 18.7 Å². The number of hydrogen-bond donors (Lipinski definition) is 1. The monoisotopic (exact) mass is 452 g/mol. The maximum atomic E-state index is 14.0. The van der Waals surface area contributed by atoms with Crippen LogP contribution in [0.4, 0.5) is 11.4 Å². The number of nitrogens with zero attached hydrogens (tertiary/aromatic N) is 1. The van der Waals surface area contributed by atoms with E-state index in [1.807, 2.05) is 42.5 Å². The Labute approximate surface area is 189 Å². The van der Waals surface area contributed by atoms with Gasteiger partial charge in [-0.1, -0.05) is 56.3 Å². The summed E-state index contributed by atoms with van der Waals surface area (Å²) in [5.74, 6) is 1.25. The van der Waals surface area contributed by atoms with Crippen LogP contribution >= 0.6 is 7.75 Å². The molecule has 0 atom stereocenters. The van der Waals surface area contributed by atoms with E-state index in [4.69, 9.17) is 13.8 Å². The number of benzene rings is 3. The molecule has 1 aliphatic rings. The molecular formula is C25H29N2O4P. The Kier molecular flexibility index (Phi) is 7.03. The van der Waals surface area contributed by atoms with Gasteiger partial charge in [0.15, 0.2) is 0 Å². The van der Waals surface area contributed by atoms with E-state index in [0.29, 0.717) is 36.3 Å². The topological polar surface area (TPSA) is 60.0 Å². The summed E-state index contributed by atoms with van der Waals surface area (Å²) in [6.07, 6.45) is 0. The second-order valence-electron chi connectivity index (χ2n) is 7.95. The summed E-state index contributed by atoms with van der Waals surface area (Å²) in [5.41, 5.74) is 2.80. The molecule has 0 saturated carbocycles. The summed E-state index contributed by atoms with van der Waals surface area (Å²) in [4.78, 5) is 2.23. The van der Waals surface area contributed by atoms with Gasteiger partial charge in [-0.05, 0) is 47.9 Å². The van der Waals surface area contributed by atoms with Gasteiger partial charge in [-0.15, -0.1) is 0 Å². The fourth-order valence-corrected chi connectivity index (χ4v) is 4.94. The fourth-order valence-electron chi connectivity index (χ4n) is 3.53. The third kappa shape index (κ3) is 5.64. The van der Waals surface area contributed by atoms with Crippen molar-refractivity contribution in [2.75, 3.05) is 36.3 Å². The van der Waals surface area contributed by atoms with Crippen LogP contribution in [0.25, 0.3) is 0 Å². The van der Waals surface area contributed by atoms with Gasteiger partial charge in [-0.25, -0.2) is 4.57 Å². The number of rotatable bonds is 8. The summed E-state index contributed by atoms with van der Waals surface area (Å²) in [7, 11) is -3.82. The lowest BCUT2D eigenvalue weighted by molar-refractivity contribution is 0.123. The van der Waals surface area contributed by atoms with Gasteiger partial charge in [0, 0.05) is 13.1 Å². The molecule has 3 aromatic carbocycles. The van der Waals surface area contributed by atoms with E-state index in [9.17, 15) is 4.57 Å². The SMILES string of the molecule is CC(C)c1ccc(N2CCOCC2)c(NP(=O)(Oc2ccccc2)Oc2ccccc2)c1. The summed E-state index contributed by atoms with van der Waals surface area (Å²) in [6.45, 7) is 7.11. The Balaban J connectivity index is 1.71. The maximum Gasteiger partial charge on any atom is 0.541 e. The molecule has 168 valence electrons. The van der Waals surface area contributed by atoms with Gasteiger partial charge in [0.05, 0.1) is 24.6 Å². The molecule has 0 aliphatic carbocycles. The molecule has 3 aromatic rings. The van der Waals surface area contributed by atoms with Crippen molar-refractivity contribution in [2.24, 2.45) is 0 Å². The number of nitrogens with one attached hydrogen (secondary N) is 1. The first-order valence-corrected chi connectivity index (χ1v) is 12.4. The molecule has 0 bridgehead atoms. The van der Waals surface area contributed by atoms with E-state index in [-0.39, 0.29) is 0 Å². The van der Waals surface area contributed by atoms with E-state index in [1.54, 1.807) is 24.3 Å². The largest absolute Gasteiger partial charge is 0.541 e. The minimum absolute atomic E-state index is 0.318. The number of anilines is 2. The van der Waals surface area contributed by atoms with Crippen LogP contribution < -0.4 is 19.0 Å². The van der Waals surface area contributed by atoms with E-state index < -0.39 is 7.75 Å². The zero-order valence-electron chi connectivity index (χ0n) is 18.4. The molecular weight excluding hydrogens is 423 g/mol. The van der Waals surface area contributed by atoms with Crippen LogP contribution in [0.5, 0.6) is 11.5 Å². The average molecular weight is 452 g/mol. The van der Waals surface area contributed by atoms with E-state index >= 15 is 0 Å². The Morgan fingerprint density at radius 1 is 0.875 bits per heavy atom. The molecule has 0 amide bonds. The summed E-state index contributed by atoms with van der Waals surface area (Å²) < 4.78 is 31.4.